The summed E-state index contributed by atoms with van der Waals surface area (Å²) in [7, 11) is 9.42. The van der Waals surface area contributed by atoms with Crippen LogP contribution in [-0.4, -0.2) is 51.1 Å². The smallest absolute Gasteiger partial charge is 0.318 e. The summed E-state index contributed by atoms with van der Waals surface area (Å²) < 4.78 is 23.4. The average Bonchev–Trinajstić information content (AvgIpc) is 3.35. The van der Waals surface area contributed by atoms with E-state index in [9.17, 15) is 9.13 Å². The van der Waals surface area contributed by atoms with E-state index in [2.05, 4.69) is 30.3 Å². The molecule has 2 aromatic rings. The number of hydrogen-bond acceptors (Lipinski definition) is 2. The minimum absolute atomic E-state index is 0. The van der Waals surface area contributed by atoms with E-state index in [1.54, 1.807) is 0 Å². The van der Waals surface area contributed by atoms with Crippen LogP contribution in [0.3, 0.4) is 0 Å². The first-order valence-electron chi connectivity index (χ1n) is 10.6. The third-order valence-electron chi connectivity index (χ3n) is 6.40. The molecule has 0 N–H and O–H groups in total. The Bertz CT molecular complexity index is 872. The molecular formula is C24H37Ar4B2O2P4+. The first-order valence-corrected chi connectivity index (χ1v) is 17.0. The van der Waals surface area contributed by atoms with Gasteiger partial charge >= 0.3 is 7.57 Å². The second-order valence-corrected chi connectivity index (χ2v) is 16.4. The van der Waals surface area contributed by atoms with Gasteiger partial charge in [-0.1, -0.05) is 63.4 Å². The van der Waals surface area contributed by atoms with Gasteiger partial charge in [0.05, 0.1) is 11.0 Å². The van der Waals surface area contributed by atoms with E-state index in [-0.39, 0.29) is 180 Å². The summed E-state index contributed by atoms with van der Waals surface area (Å²) in [6.45, 7) is 0. The Balaban J connectivity index is -0.000000244. The molecule has 0 aromatic heterocycles. The van der Waals surface area contributed by atoms with Crippen LogP contribution in [0.25, 0.3) is 0 Å². The summed E-state index contributed by atoms with van der Waals surface area (Å²) in [5.41, 5.74) is 0.822. The van der Waals surface area contributed by atoms with Gasteiger partial charge in [-0.05, 0) is 51.1 Å². The summed E-state index contributed by atoms with van der Waals surface area (Å²) in [6.07, 6.45) is 8.21. The molecule has 36 heavy (non-hydrogen) atoms. The van der Waals surface area contributed by atoms with Gasteiger partial charge in [0, 0.05) is 180 Å². The van der Waals surface area contributed by atoms with Crippen molar-refractivity contribution in [3.8, 4) is 0 Å². The Hall–Kier alpha value is 4.80. The topological polar surface area (TPSA) is 34.1 Å². The van der Waals surface area contributed by atoms with Gasteiger partial charge in [0.2, 0.25) is 0 Å². The van der Waals surface area contributed by atoms with E-state index in [0.29, 0.717) is 20.3 Å². The summed E-state index contributed by atoms with van der Waals surface area (Å²) >= 11 is 0. The van der Waals surface area contributed by atoms with Crippen molar-refractivity contribution in [3.05, 3.63) is 60.7 Å². The molecule has 0 saturated carbocycles. The fourth-order valence-corrected chi connectivity index (χ4v) is 14.5. The molecule has 4 unspecified atom stereocenters. The zero-order chi connectivity index (χ0) is 21.5. The number of benzene rings is 2. The Morgan fingerprint density at radius 1 is 0.917 bits per heavy atom. The molecule has 0 spiro atoms. The minimum Gasteiger partial charge on any atom is -0.318 e. The zero-order valence-corrected chi connectivity index (χ0v) is 25.3. The van der Waals surface area contributed by atoms with Crippen LogP contribution in [0.15, 0.2) is 60.7 Å². The van der Waals surface area contributed by atoms with Crippen molar-refractivity contribution < 1.29 is 160 Å². The van der Waals surface area contributed by atoms with Gasteiger partial charge < -0.3 is 4.57 Å². The van der Waals surface area contributed by atoms with E-state index in [0.717, 1.165) is 30.5 Å². The van der Waals surface area contributed by atoms with Crippen molar-refractivity contribution in [2.75, 3.05) is 24.6 Å². The molecule has 4 rings (SSSR count). The van der Waals surface area contributed by atoms with Gasteiger partial charge in [-0.2, -0.15) is 8.46 Å². The molecule has 0 bridgehead atoms. The van der Waals surface area contributed by atoms with Crippen LogP contribution in [0.5, 0.6) is 0 Å². The second kappa shape index (κ2) is 25.2. The van der Waals surface area contributed by atoms with Crippen LogP contribution in [-0.2, 0) is 9.13 Å². The predicted molar refractivity (Wildman–Crippen MR) is 153 cm³/mol. The van der Waals surface area contributed by atoms with Crippen LogP contribution >= 0.6 is 31.2 Å². The van der Waals surface area contributed by atoms with Gasteiger partial charge in [-0.3, -0.25) is 4.57 Å². The molecule has 2 nitrogen and oxygen atoms in total. The molecule has 2 aliphatic heterocycles. The first kappa shape index (κ1) is 47.7. The molecule has 0 amide bonds. The maximum absolute atomic E-state index is 12.8. The van der Waals surface area contributed by atoms with Crippen molar-refractivity contribution in [1.29, 1.82) is 0 Å². The molecular weight excluding hydrogens is 626 g/mol. The van der Waals surface area contributed by atoms with Gasteiger partial charge in [0.25, 0.3) is 0 Å². The molecule has 5 atom stereocenters. The van der Waals surface area contributed by atoms with Crippen molar-refractivity contribution in [1.82, 2.24) is 0 Å². The Morgan fingerprint density at radius 2 is 1.47 bits per heavy atom. The molecule has 2 saturated heterocycles. The summed E-state index contributed by atoms with van der Waals surface area (Å²) in [5.74, 6) is 0. The van der Waals surface area contributed by atoms with Crippen molar-refractivity contribution >= 4 is 56.9 Å². The van der Waals surface area contributed by atoms with Crippen molar-refractivity contribution in [2.24, 2.45) is 0 Å². The largest absolute Gasteiger partial charge is 0.371 e. The first-order chi connectivity index (χ1) is 14.5. The molecule has 2 aliphatic rings. The van der Waals surface area contributed by atoms with Crippen molar-refractivity contribution in [2.45, 2.75) is 51.9 Å². The van der Waals surface area contributed by atoms with Crippen LogP contribution in [0.1, 0.15) is 40.5 Å². The molecule has 0 aliphatic carbocycles. The molecule has 2 fully saturated rings. The molecule has 12 heteroatoms. The molecule has 4 radical (unpaired) electrons. The molecule has 2 heterocycles. The van der Waals surface area contributed by atoms with Crippen LogP contribution in [0.2, 0.25) is 0 Å². The van der Waals surface area contributed by atoms with Gasteiger partial charge in [-0.15, -0.1) is 0 Å². The van der Waals surface area contributed by atoms with Crippen molar-refractivity contribution in [3.63, 3.8) is 0 Å². The normalized spacial score (nSPS) is 25.9. The van der Waals surface area contributed by atoms with E-state index in [4.69, 9.17) is 15.1 Å². The quantitative estimate of drug-likeness (QED) is 0.254. The summed E-state index contributed by atoms with van der Waals surface area (Å²) in [6, 6.07) is 20.4. The number of rotatable bonds is 6. The number of hydrogen-bond donors (Lipinski definition) is 0. The standard InChI is InChI=1S/C11H15B2P2.C11H14O2P2.2CH4.4Ar/c2*12-14-9-11-7-4-8-15(11,13)10-5-2-1-3-6-10;;;;;;/h1-3,5-6,11,14H,4,7-9H2;1-3,5-6,11H,4,7-9H2;2*1H4;;;;/q+1;;;;;;;/t;11?,15-;;;;;;/m.0....../s1. The Kier molecular flexibility index (Phi) is 33.4. The molecule has 202 valence electrons. The third kappa shape index (κ3) is 13.2. The van der Waals surface area contributed by atoms with E-state index in [1.165, 1.54) is 24.3 Å². The summed E-state index contributed by atoms with van der Waals surface area (Å²) in [5, 5.41) is 2.36. The van der Waals surface area contributed by atoms with Gasteiger partial charge in [0.15, 0.2) is 8.46 Å². The van der Waals surface area contributed by atoms with E-state index >= 15 is 0 Å². The van der Waals surface area contributed by atoms with Crippen LogP contribution in [0, 0.1) is 151 Å². The fourth-order valence-electron chi connectivity index (χ4n) is 4.73. The van der Waals surface area contributed by atoms with Gasteiger partial charge in [0.1, 0.15) is 14.7 Å². The van der Waals surface area contributed by atoms with Gasteiger partial charge in [-0.25, -0.2) is 0 Å². The second-order valence-electron chi connectivity index (χ2n) is 8.16. The zero-order valence-electron chi connectivity index (χ0n) is 18.8. The SMILES string of the molecule is C.C.O=PCC1CCC[P@]1(=O)c1ccccc1.[Ar].[Ar].[Ar].[Ar].[B]PCC1CCC[P+]1([B])c1ccccc1. The maximum Gasteiger partial charge on any atom is 0.371 e. The average molecular weight is 663 g/mol. The molecule has 2 aromatic carbocycles. The summed E-state index contributed by atoms with van der Waals surface area (Å²) in [4.78, 5) is 0. The van der Waals surface area contributed by atoms with E-state index < -0.39 is 14.3 Å². The Morgan fingerprint density at radius 3 is 2.00 bits per heavy atom. The van der Waals surface area contributed by atoms with Crippen LogP contribution in [0.4, 0.5) is 0 Å². The van der Waals surface area contributed by atoms with Crippen LogP contribution < -0.4 is 10.6 Å². The minimum atomic E-state index is -2.26. The monoisotopic (exact) mass is 663 g/mol. The predicted octanol–water partition coefficient (Wildman–Crippen LogP) is 6.74. The van der Waals surface area contributed by atoms with E-state index in [1.807, 2.05) is 30.3 Å². The Labute approximate surface area is 347 Å². The maximum atomic E-state index is 12.8. The third-order valence-corrected chi connectivity index (χ3v) is 16.2. The fraction of sp³-hybridized carbons (Fsp3) is 0.500.